The molecule has 3 heterocycles. The van der Waals surface area contributed by atoms with Crippen molar-refractivity contribution in [1.29, 1.82) is 0 Å². The lowest BCUT2D eigenvalue weighted by atomic mass is 10.1. The Labute approximate surface area is 156 Å². The molecule has 134 valence electrons. The van der Waals surface area contributed by atoms with E-state index in [0.29, 0.717) is 11.3 Å². The van der Waals surface area contributed by atoms with Crippen molar-refractivity contribution in [3.63, 3.8) is 0 Å². The first-order valence-electron chi connectivity index (χ1n) is 7.70. The maximum absolute atomic E-state index is 12.6. The summed E-state index contributed by atoms with van der Waals surface area (Å²) in [6.07, 6.45) is 1.55. The van der Waals surface area contributed by atoms with Gasteiger partial charge in [0.15, 0.2) is 5.69 Å². The number of hydrogen-bond donors (Lipinski definition) is 2. The van der Waals surface area contributed by atoms with E-state index in [-0.39, 0.29) is 17.3 Å². The first kappa shape index (κ1) is 16.6. The van der Waals surface area contributed by atoms with Gasteiger partial charge in [0.2, 0.25) is 11.6 Å². The number of nitrogen functional groups attached to an aromatic ring is 1. The molecule has 0 unspecified atom stereocenters. The maximum Gasteiger partial charge on any atom is 0.294 e. The van der Waals surface area contributed by atoms with E-state index in [1.807, 2.05) is 47.8 Å². The average Bonchev–Trinajstić information content (AvgIpc) is 3.42. The highest BCUT2D eigenvalue weighted by atomic mass is 32.1. The number of nitrogens with zero attached hydrogens (tertiary/aromatic N) is 6. The van der Waals surface area contributed by atoms with Gasteiger partial charge < -0.3 is 5.73 Å². The minimum atomic E-state index is -0.525. The van der Waals surface area contributed by atoms with E-state index in [0.717, 1.165) is 4.88 Å². The Morgan fingerprint density at radius 1 is 1.22 bits per heavy atom. The molecule has 0 saturated carbocycles. The summed E-state index contributed by atoms with van der Waals surface area (Å²) in [7, 11) is 0. The van der Waals surface area contributed by atoms with Crippen molar-refractivity contribution in [2.45, 2.75) is 0 Å². The molecule has 0 aliphatic heterocycles. The van der Waals surface area contributed by atoms with Crippen molar-refractivity contribution in [3.05, 3.63) is 58.4 Å². The number of hydrazone groups is 1. The molecule has 0 aliphatic carbocycles. The van der Waals surface area contributed by atoms with Gasteiger partial charge in [-0.1, -0.05) is 41.6 Å². The van der Waals surface area contributed by atoms with Gasteiger partial charge in [0.1, 0.15) is 5.69 Å². The molecule has 11 heteroatoms. The Kier molecular flexibility index (Phi) is 4.41. The lowest BCUT2D eigenvalue weighted by molar-refractivity contribution is 0.0950. The number of aromatic nitrogens is 5. The van der Waals surface area contributed by atoms with Crippen LogP contribution in [0.2, 0.25) is 0 Å². The first-order chi connectivity index (χ1) is 13.2. The molecule has 1 amide bonds. The first-order valence-corrected chi connectivity index (χ1v) is 8.58. The molecule has 0 aliphatic rings. The lowest BCUT2D eigenvalue weighted by Gasteiger charge is -2.05. The van der Waals surface area contributed by atoms with Crippen LogP contribution in [-0.2, 0) is 0 Å². The summed E-state index contributed by atoms with van der Waals surface area (Å²) in [5, 5.41) is 21.1. The Morgan fingerprint density at radius 3 is 2.78 bits per heavy atom. The third-order valence-corrected chi connectivity index (χ3v) is 4.34. The van der Waals surface area contributed by atoms with Gasteiger partial charge >= 0.3 is 0 Å². The van der Waals surface area contributed by atoms with Crippen molar-refractivity contribution >= 4 is 29.3 Å². The van der Waals surface area contributed by atoms with Gasteiger partial charge in [-0.2, -0.15) is 9.78 Å². The quantitative estimate of drug-likeness (QED) is 0.397. The average molecular weight is 380 g/mol. The number of amides is 1. The fourth-order valence-corrected chi connectivity index (χ4v) is 2.93. The van der Waals surface area contributed by atoms with E-state index in [2.05, 4.69) is 35.8 Å². The zero-order chi connectivity index (χ0) is 18.6. The maximum atomic E-state index is 12.6. The predicted octanol–water partition coefficient (Wildman–Crippen LogP) is 1.72. The van der Waals surface area contributed by atoms with E-state index >= 15 is 0 Å². The number of anilines is 1. The van der Waals surface area contributed by atoms with Gasteiger partial charge in [-0.05, 0) is 21.8 Å². The summed E-state index contributed by atoms with van der Waals surface area (Å²) in [5.74, 6) is -0.356. The molecular weight excluding hydrogens is 368 g/mol. The molecule has 3 aromatic heterocycles. The van der Waals surface area contributed by atoms with Crippen LogP contribution in [-0.4, -0.2) is 37.4 Å². The second-order valence-electron chi connectivity index (χ2n) is 5.25. The summed E-state index contributed by atoms with van der Waals surface area (Å²) in [5.41, 5.74) is 9.36. The Morgan fingerprint density at radius 2 is 2.07 bits per heavy atom. The van der Waals surface area contributed by atoms with Crippen molar-refractivity contribution in [1.82, 2.24) is 30.7 Å². The van der Waals surface area contributed by atoms with Crippen LogP contribution in [0.25, 0.3) is 17.1 Å². The third-order valence-electron chi connectivity index (χ3n) is 3.53. The van der Waals surface area contributed by atoms with Gasteiger partial charge in [0.25, 0.3) is 5.91 Å². The Bertz CT molecular complexity index is 1090. The predicted molar refractivity (Wildman–Crippen MR) is 98.4 cm³/mol. The normalized spacial score (nSPS) is 11.1. The Hall–Kier alpha value is -3.86. The molecule has 3 N–H and O–H groups in total. The van der Waals surface area contributed by atoms with Crippen LogP contribution in [0.15, 0.2) is 57.6 Å². The molecule has 1 aromatic carbocycles. The van der Waals surface area contributed by atoms with Gasteiger partial charge in [-0.25, -0.2) is 10.1 Å². The summed E-state index contributed by atoms with van der Waals surface area (Å²) >= 11 is 1.50. The highest BCUT2D eigenvalue weighted by Gasteiger charge is 2.24. The smallest absolute Gasteiger partial charge is 0.294 e. The van der Waals surface area contributed by atoms with E-state index < -0.39 is 5.91 Å². The lowest BCUT2D eigenvalue weighted by Crippen LogP contribution is -2.19. The summed E-state index contributed by atoms with van der Waals surface area (Å²) in [6, 6.07) is 12.9. The molecule has 0 atom stereocenters. The number of benzene rings is 1. The highest BCUT2D eigenvalue weighted by Crippen LogP contribution is 2.26. The van der Waals surface area contributed by atoms with Gasteiger partial charge in [-0.15, -0.1) is 16.4 Å². The SMILES string of the molecule is Nc1nonc1-n1nnc(C(=O)N/N=C/c2cccs2)c1-c1ccccc1. The minimum absolute atomic E-state index is 0.0276. The molecule has 0 fully saturated rings. The summed E-state index contributed by atoms with van der Waals surface area (Å²) < 4.78 is 5.93. The number of rotatable bonds is 5. The van der Waals surface area contributed by atoms with Crippen LogP contribution < -0.4 is 11.2 Å². The number of thiophene rings is 1. The molecule has 10 nitrogen and oxygen atoms in total. The summed E-state index contributed by atoms with van der Waals surface area (Å²) in [4.78, 5) is 13.5. The van der Waals surface area contributed by atoms with Crippen LogP contribution in [0.3, 0.4) is 0 Å². The van der Waals surface area contributed by atoms with Gasteiger partial charge in [-0.3, -0.25) is 4.79 Å². The molecule has 0 spiro atoms. The molecular formula is C16H12N8O2S. The minimum Gasteiger partial charge on any atom is -0.378 e. The largest absolute Gasteiger partial charge is 0.378 e. The van der Waals surface area contributed by atoms with E-state index in [9.17, 15) is 4.79 Å². The number of nitrogens with two attached hydrogens (primary N) is 1. The van der Waals surface area contributed by atoms with E-state index in [4.69, 9.17) is 5.73 Å². The molecule has 0 bridgehead atoms. The van der Waals surface area contributed by atoms with Crippen LogP contribution in [0.5, 0.6) is 0 Å². The topological polar surface area (TPSA) is 137 Å². The number of carbonyl (C=O) groups excluding carboxylic acids is 1. The number of nitrogens with one attached hydrogen (secondary N) is 1. The van der Waals surface area contributed by atoms with Crippen molar-refractivity contribution < 1.29 is 9.42 Å². The standard InChI is InChI=1S/C16H12N8O2S/c17-14-15(22-26-21-14)24-13(10-5-2-1-3-6-10)12(19-23-24)16(25)20-18-9-11-7-4-8-27-11/h1-9H,(H2,17,21)(H,20,25)/b18-9+. The second-order valence-corrected chi connectivity index (χ2v) is 6.23. The zero-order valence-corrected chi connectivity index (χ0v) is 14.5. The highest BCUT2D eigenvalue weighted by molar-refractivity contribution is 7.11. The second kappa shape index (κ2) is 7.17. The fraction of sp³-hybridized carbons (Fsp3) is 0. The van der Waals surface area contributed by atoms with Crippen LogP contribution in [0, 0.1) is 0 Å². The molecule has 4 aromatic rings. The van der Waals surface area contributed by atoms with Gasteiger partial charge in [0.05, 0.1) is 6.21 Å². The van der Waals surface area contributed by atoms with Crippen LogP contribution in [0.1, 0.15) is 15.4 Å². The molecule has 27 heavy (non-hydrogen) atoms. The number of hydrogen-bond acceptors (Lipinski definition) is 9. The summed E-state index contributed by atoms with van der Waals surface area (Å²) in [6.45, 7) is 0. The van der Waals surface area contributed by atoms with Crippen molar-refractivity contribution in [2.75, 3.05) is 5.73 Å². The van der Waals surface area contributed by atoms with Crippen molar-refractivity contribution in [2.24, 2.45) is 5.10 Å². The van der Waals surface area contributed by atoms with Crippen molar-refractivity contribution in [3.8, 4) is 17.1 Å². The van der Waals surface area contributed by atoms with Gasteiger partial charge in [0, 0.05) is 10.4 Å². The fourth-order valence-electron chi connectivity index (χ4n) is 2.35. The van der Waals surface area contributed by atoms with Crippen LogP contribution in [0.4, 0.5) is 5.82 Å². The zero-order valence-electron chi connectivity index (χ0n) is 13.7. The van der Waals surface area contributed by atoms with Crippen LogP contribution >= 0.6 is 11.3 Å². The third kappa shape index (κ3) is 3.30. The van der Waals surface area contributed by atoms with E-state index in [1.54, 1.807) is 6.21 Å². The Balaban J connectivity index is 1.71. The molecule has 4 rings (SSSR count). The molecule has 0 radical (unpaired) electrons. The number of carbonyl (C=O) groups is 1. The van der Waals surface area contributed by atoms with E-state index in [1.165, 1.54) is 16.0 Å². The monoisotopic (exact) mass is 380 g/mol. The molecule has 0 saturated heterocycles.